The van der Waals surface area contributed by atoms with Gasteiger partial charge in [0.2, 0.25) is 0 Å². The Balaban J connectivity index is 2.26. The number of unbranched alkanes of at least 4 members (excludes halogenated alkanes) is 2. The Morgan fingerprint density at radius 2 is 1.81 bits per heavy atom. The third-order valence-electron chi connectivity index (χ3n) is 4.13. The minimum atomic E-state index is -0.467. The first-order valence-corrected chi connectivity index (χ1v) is 8.81. The molecule has 0 atom stereocenters. The van der Waals surface area contributed by atoms with E-state index in [9.17, 15) is 14.9 Å². The zero-order valence-electron chi connectivity index (χ0n) is 15.8. The van der Waals surface area contributed by atoms with Crippen LogP contribution in [0.1, 0.15) is 36.5 Å². The molecule has 0 saturated carbocycles. The minimum absolute atomic E-state index is 0.0120. The zero-order chi connectivity index (χ0) is 19.8. The molecular weight excluding hydrogens is 348 g/mol. The summed E-state index contributed by atoms with van der Waals surface area (Å²) in [6.07, 6.45) is 3.31. The molecule has 144 valence electrons. The standard InChI is InChI=1S/C20H24N2O5/c1-4-5-6-11-21(2)17-12-15(20(23)26-3)13-19(14-17)27-18-9-7-16(8-10-18)22(24)25/h7-10,12-14H,4-6,11H2,1-3H3. The maximum absolute atomic E-state index is 12.0. The average Bonchev–Trinajstić information content (AvgIpc) is 2.67. The summed E-state index contributed by atoms with van der Waals surface area (Å²) in [5.74, 6) is 0.457. The second kappa shape index (κ2) is 9.56. The number of carbonyl (C=O) groups is 1. The van der Waals surface area contributed by atoms with Crippen molar-refractivity contribution in [2.24, 2.45) is 0 Å². The Morgan fingerprint density at radius 1 is 1.11 bits per heavy atom. The molecule has 0 radical (unpaired) electrons. The number of ether oxygens (including phenoxy) is 2. The van der Waals surface area contributed by atoms with Crippen LogP contribution in [0.2, 0.25) is 0 Å². The number of methoxy groups -OCH3 is 1. The number of esters is 1. The first-order chi connectivity index (χ1) is 12.9. The molecule has 0 aliphatic rings. The zero-order valence-corrected chi connectivity index (χ0v) is 15.8. The molecule has 0 N–H and O–H groups in total. The van der Waals surface area contributed by atoms with E-state index >= 15 is 0 Å². The van der Waals surface area contributed by atoms with Crippen LogP contribution in [0, 0.1) is 10.1 Å². The number of anilines is 1. The van der Waals surface area contributed by atoms with Gasteiger partial charge in [-0.25, -0.2) is 4.79 Å². The highest BCUT2D eigenvalue weighted by atomic mass is 16.6. The van der Waals surface area contributed by atoms with Crippen molar-refractivity contribution in [2.75, 3.05) is 25.6 Å². The number of non-ortho nitro benzene ring substituents is 1. The summed E-state index contributed by atoms with van der Waals surface area (Å²) in [6, 6.07) is 11.0. The summed E-state index contributed by atoms with van der Waals surface area (Å²) in [5.41, 5.74) is 1.21. The topological polar surface area (TPSA) is 81.9 Å². The molecule has 2 aromatic rings. The second-order valence-corrected chi connectivity index (χ2v) is 6.19. The van der Waals surface area contributed by atoms with Crippen LogP contribution in [0.5, 0.6) is 11.5 Å². The molecule has 7 nitrogen and oxygen atoms in total. The number of hydrogen-bond donors (Lipinski definition) is 0. The van der Waals surface area contributed by atoms with Gasteiger partial charge in [0.15, 0.2) is 0 Å². The molecule has 27 heavy (non-hydrogen) atoms. The molecular formula is C20H24N2O5. The van der Waals surface area contributed by atoms with E-state index in [0.29, 0.717) is 17.1 Å². The monoisotopic (exact) mass is 372 g/mol. The number of rotatable bonds is 9. The van der Waals surface area contributed by atoms with Gasteiger partial charge >= 0.3 is 5.97 Å². The molecule has 0 amide bonds. The Labute approximate surface area is 158 Å². The van der Waals surface area contributed by atoms with Crippen molar-refractivity contribution < 1.29 is 19.2 Å². The maximum atomic E-state index is 12.0. The fraction of sp³-hybridized carbons (Fsp3) is 0.350. The molecule has 7 heteroatoms. The first-order valence-electron chi connectivity index (χ1n) is 8.81. The lowest BCUT2D eigenvalue weighted by Crippen LogP contribution is -2.19. The number of benzene rings is 2. The van der Waals surface area contributed by atoms with Crippen LogP contribution < -0.4 is 9.64 Å². The van der Waals surface area contributed by atoms with Crippen molar-refractivity contribution in [1.29, 1.82) is 0 Å². The number of nitro benzene ring substituents is 1. The van der Waals surface area contributed by atoms with Gasteiger partial charge < -0.3 is 14.4 Å². The van der Waals surface area contributed by atoms with Gasteiger partial charge in [-0.15, -0.1) is 0 Å². The lowest BCUT2D eigenvalue weighted by Gasteiger charge is -2.21. The third kappa shape index (κ3) is 5.70. The van der Waals surface area contributed by atoms with Gasteiger partial charge in [0.25, 0.3) is 5.69 Å². The summed E-state index contributed by atoms with van der Waals surface area (Å²) in [5, 5.41) is 10.8. The third-order valence-corrected chi connectivity index (χ3v) is 4.13. The largest absolute Gasteiger partial charge is 0.465 e. The molecule has 0 saturated heterocycles. The van der Waals surface area contributed by atoms with Crippen molar-refractivity contribution in [3.63, 3.8) is 0 Å². The van der Waals surface area contributed by atoms with Gasteiger partial charge in [-0.05, 0) is 30.7 Å². The van der Waals surface area contributed by atoms with Gasteiger partial charge in [-0.3, -0.25) is 10.1 Å². The Bertz CT molecular complexity index is 789. The average molecular weight is 372 g/mol. The van der Waals surface area contributed by atoms with Crippen LogP contribution in [-0.4, -0.2) is 31.6 Å². The molecule has 0 aromatic heterocycles. The molecule has 2 aromatic carbocycles. The van der Waals surface area contributed by atoms with Crippen molar-refractivity contribution >= 4 is 17.3 Å². The van der Waals surface area contributed by atoms with Crippen molar-refractivity contribution in [3.05, 3.63) is 58.1 Å². The highest BCUT2D eigenvalue weighted by Gasteiger charge is 2.13. The van der Waals surface area contributed by atoms with Crippen LogP contribution in [0.4, 0.5) is 11.4 Å². The molecule has 0 unspecified atom stereocenters. The normalized spacial score (nSPS) is 10.3. The molecule has 0 heterocycles. The first kappa shape index (κ1) is 20.2. The van der Waals surface area contributed by atoms with Gasteiger partial charge in [-0.1, -0.05) is 19.8 Å². The van der Waals surface area contributed by atoms with Crippen molar-refractivity contribution in [2.45, 2.75) is 26.2 Å². The summed E-state index contributed by atoms with van der Waals surface area (Å²) < 4.78 is 10.6. The van der Waals surface area contributed by atoms with Crippen LogP contribution >= 0.6 is 0 Å². The second-order valence-electron chi connectivity index (χ2n) is 6.19. The van der Waals surface area contributed by atoms with Crippen molar-refractivity contribution in [3.8, 4) is 11.5 Å². The SMILES string of the molecule is CCCCCN(C)c1cc(Oc2ccc([N+](=O)[O-])cc2)cc(C(=O)OC)c1. The minimum Gasteiger partial charge on any atom is -0.465 e. The molecule has 2 rings (SSSR count). The lowest BCUT2D eigenvalue weighted by atomic mass is 10.1. The quantitative estimate of drug-likeness (QED) is 0.272. The molecule has 0 spiro atoms. The lowest BCUT2D eigenvalue weighted by molar-refractivity contribution is -0.384. The summed E-state index contributed by atoms with van der Waals surface area (Å²) in [7, 11) is 3.29. The van der Waals surface area contributed by atoms with E-state index in [1.165, 1.54) is 31.4 Å². The molecule has 0 aliphatic carbocycles. The predicted molar refractivity (Wildman–Crippen MR) is 104 cm³/mol. The van der Waals surface area contributed by atoms with Crippen LogP contribution in [0.15, 0.2) is 42.5 Å². The van der Waals surface area contributed by atoms with E-state index in [-0.39, 0.29) is 5.69 Å². The fourth-order valence-electron chi connectivity index (χ4n) is 2.60. The fourth-order valence-corrected chi connectivity index (χ4v) is 2.60. The summed E-state index contributed by atoms with van der Waals surface area (Å²) in [4.78, 5) is 24.4. The highest BCUT2D eigenvalue weighted by Crippen LogP contribution is 2.29. The summed E-state index contributed by atoms with van der Waals surface area (Å²) in [6.45, 7) is 3.00. The van der Waals surface area contributed by atoms with E-state index in [0.717, 1.165) is 31.5 Å². The van der Waals surface area contributed by atoms with Gasteiger partial charge in [-0.2, -0.15) is 0 Å². The van der Waals surface area contributed by atoms with Gasteiger partial charge in [0, 0.05) is 37.5 Å². The molecule has 0 bridgehead atoms. The van der Waals surface area contributed by atoms with Crippen molar-refractivity contribution in [1.82, 2.24) is 0 Å². The number of carbonyl (C=O) groups excluding carboxylic acids is 1. The Morgan fingerprint density at radius 3 is 2.41 bits per heavy atom. The van der Waals surface area contributed by atoms with Crippen LogP contribution in [0.3, 0.4) is 0 Å². The predicted octanol–water partition coefficient (Wildman–Crippen LogP) is 4.80. The molecule has 0 aliphatic heterocycles. The van der Waals surface area contributed by atoms with Gasteiger partial charge in [0.05, 0.1) is 17.6 Å². The Kier molecular flexibility index (Phi) is 7.16. The number of hydrogen-bond acceptors (Lipinski definition) is 6. The van der Waals surface area contributed by atoms with E-state index in [4.69, 9.17) is 9.47 Å². The van der Waals surface area contributed by atoms with Gasteiger partial charge in [0.1, 0.15) is 11.5 Å². The summed E-state index contributed by atoms with van der Waals surface area (Å²) >= 11 is 0. The number of nitrogens with zero attached hydrogens (tertiary/aromatic N) is 2. The van der Waals surface area contributed by atoms with E-state index in [1.54, 1.807) is 12.1 Å². The molecule has 0 fully saturated rings. The maximum Gasteiger partial charge on any atom is 0.338 e. The highest BCUT2D eigenvalue weighted by molar-refractivity contribution is 5.91. The smallest absolute Gasteiger partial charge is 0.338 e. The van der Waals surface area contributed by atoms with E-state index in [2.05, 4.69) is 11.8 Å². The van der Waals surface area contributed by atoms with Crippen LogP contribution in [0.25, 0.3) is 0 Å². The number of nitro groups is 1. The van der Waals surface area contributed by atoms with E-state index < -0.39 is 10.9 Å². The van der Waals surface area contributed by atoms with Crippen LogP contribution in [-0.2, 0) is 4.74 Å². The van der Waals surface area contributed by atoms with E-state index in [1.807, 2.05) is 13.1 Å². The Hall–Kier alpha value is -3.09.